The molecule has 3 heterocycles. The number of aromatic amines is 1. The summed E-state index contributed by atoms with van der Waals surface area (Å²) in [5, 5.41) is 1.65. The Morgan fingerprint density at radius 2 is 2.27 bits per heavy atom. The van der Waals surface area contributed by atoms with Crippen molar-refractivity contribution in [3.8, 4) is 5.88 Å². The largest absolute Gasteiger partial charge is 0.477 e. The number of rotatable bonds is 5. The van der Waals surface area contributed by atoms with Crippen LogP contribution in [0.1, 0.15) is 23.6 Å². The smallest absolute Gasteiger partial charge is 0.258 e. The summed E-state index contributed by atoms with van der Waals surface area (Å²) >= 11 is 3.24. The monoisotopic (exact) mass is 335 g/mol. The molecule has 2 aromatic heterocycles. The summed E-state index contributed by atoms with van der Waals surface area (Å²) in [7, 11) is 0. The Morgan fingerprint density at radius 3 is 3.09 bits per heavy atom. The fraction of sp³-hybridized carbons (Fsp3) is 0.400. The molecule has 0 radical (unpaired) electrons. The molecule has 0 amide bonds. The van der Waals surface area contributed by atoms with E-state index in [9.17, 15) is 4.79 Å². The summed E-state index contributed by atoms with van der Waals surface area (Å²) in [4.78, 5) is 23.7. The van der Waals surface area contributed by atoms with Gasteiger partial charge in [0.25, 0.3) is 5.56 Å². The van der Waals surface area contributed by atoms with E-state index in [4.69, 9.17) is 4.74 Å². The summed E-state index contributed by atoms with van der Waals surface area (Å²) < 4.78 is 5.40. The Bertz CT molecular complexity index is 746. The van der Waals surface area contributed by atoms with Crippen molar-refractivity contribution >= 4 is 23.5 Å². The molecule has 1 N–H and O–H groups in total. The van der Waals surface area contributed by atoms with Crippen LogP contribution in [0.3, 0.4) is 0 Å². The molecule has 5 nitrogen and oxygen atoms in total. The van der Waals surface area contributed by atoms with Gasteiger partial charge in [0, 0.05) is 18.4 Å². The second kappa shape index (κ2) is 6.75. The van der Waals surface area contributed by atoms with Crippen LogP contribution in [0.4, 0.5) is 0 Å². The van der Waals surface area contributed by atoms with Crippen molar-refractivity contribution in [1.82, 2.24) is 15.0 Å². The van der Waals surface area contributed by atoms with E-state index in [1.807, 2.05) is 12.3 Å². The molecule has 0 saturated carbocycles. The molecule has 0 spiro atoms. The maximum atomic E-state index is 12.0. The molecular weight excluding hydrogens is 318 g/mol. The van der Waals surface area contributed by atoms with Crippen LogP contribution >= 0.6 is 23.5 Å². The molecule has 0 aromatic carbocycles. The highest BCUT2D eigenvalue weighted by molar-refractivity contribution is 7.99. The quantitative estimate of drug-likeness (QED) is 0.669. The number of H-pyrrole nitrogens is 1. The summed E-state index contributed by atoms with van der Waals surface area (Å²) in [5.74, 6) is 2.19. The van der Waals surface area contributed by atoms with Crippen LogP contribution in [0.2, 0.25) is 0 Å². The van der Waals surface area contributed by atoms with E-state index in [2.05, 4.69) is 28.8 Å². The van der Waals surface area contributed by atoms with Crippen molar-refractivity contribution in [2.24, 2.45) is 0 Å². The average Bonchev–Trinajstić information content (AvgIpc) is 2.96. The van der Waals surface area contributed by atoms with Gasteiger partial charge < -0.3 is 9.72 Å². The molecule has 3 rings (SSSR count). The Labute approximate surface area is 137 Å². The first-order valence-corrected chi connectivity index (χ1v) is 9.12. The lowest BCUT2D eigenvalue weighted by Crippen LogP contribution is -2.12. The summed E-state index contributed by atoms with van der Waals surface area (Å²) in [6.07, 6.45) is 2.48. The van der Waals surface area contributed by atoms with E-state index < -0.39 is 0 Å². The van der Waals surface area contributed by atoms with Crippen LogP contribution in [-0.4, -0.2) is 27.3 Å². The molecule has 1 aliphatic rings. The minimum Gasteiger partial charge on any atom is -0.477 e. The van der Waals surface area contributed by atoms with Crippen LogP contribution in [0.5, 0.6) is 5.88 Å². The minimum absolute atomic E-state index is 0.0870. The van der Waals surface area contributed by atoms with Gasteiger partial charge in [-0.2, -0.15) is 4.98 Å². The number of hydrogen-bond donors (Lipinski definition) is 1. The van der Waals surface area contributed by atoms with Gasteiger partial charge in [-0.3, -0.25) is 4.79 Å². The SMILES string of the molecule is CCSc1nccc(C)c1CSc1nc2c(c(=O)[nH]1)CCO2. The highest BCUT2D eigenvalue weighted by Gasteiger charge is 2.19. The van der Waals surface area contributed by atoms with Crippen molar-refractivity contribution in [3.63, 3.8) is 0 Å². The average molecular weight is 335 g/mol. The maximum Gasteiger partial charge on any atom is 0.258 e. The summed E-state index contributed by atoms with van der Waals surface area (Å²) in [6, 6.07) is 2.01. The Kier molecular flexibility index (Phi) is 4.73. The second-order valence-corrected chi connectivity index (χ2v) is 7.10. The molecule has 0 fully saturated rings. The first-order chi connectivity index (χ1) is 10.7. The van der Waals surface area contributed by atoms with Gasteiger partial charge in [0.1, 0.15) is 5.03 Å². The molecule has 22 heavy (non-hydrogen) atoms. The van der Waals surface area contributed by atoms with Gasteiger partial charge in [-0.05, 0) is 29.9 Å². The molecule has 2 aromatic rings. The number of hydrogen-bond acceptors (Lipinski definition) is 6. The molecular formula is C15H17N3O2S2. The lowest BCUT2D eigenvalue weighted by atomic mass is 10.2. The number of nitrogens with one attached hydrogen (secondary N) is 1. The number of nitrogens with zero attached hydrogens (tertiary/aromatic N) is 2. The highest BCUT2D eigenvalue weighted by Crippen LogP contribution is 2.29. The van der Waals surface area contributed by atoms with Crippen LogP contribution in [0.25, 0.3) is 0 Å². The number of pyridine rings is 1. The van der Waals surface area contributed by atoms with Gasteiger partial charge in [-0.15, -0.1) is 11.8 Å². The zero-order valence-electron chi connectivity index (χ0n) is 12.5. The molecule has 116 valence electrons. The van der Waals surface area contributed by atoms with Gasteiger partial charge in [-0.25, -0.2) is 4.98 Å². The molecule has 0 atom stereocenters. The standard InChI is InChI=1S/C15H17N3O2S2/c1-3-21-14-11(9(2)4-6-16-14)8-22-15-17-12(19)10-5-7-20-13(10)18-15/h4,6H,3,5,7-8H2,1-2H3,(H,17,18,19). The van der Waals surface area contributed by atoms with Crippen LogP contribution in [0, 0.1) is 6.92 Å². The Balaban J connectivity index is 1.81. The van der Waals surface area contributed by atoms with Crippen LogP contribution in [-0.2, 0) is 12.2 Å². The van der Waals surface area contributed by atoms with Crippen LogP contribution < -0.4 is 10.3 Å². The highest BCUT2D eigenvalue weighted by atomic mass is 32.2. The number of aromatic nitrogens is 3. The topological polar surface area (TPSA) is 67.9 Å². The van der Waals surface area contributed by atoms with E-state index in [0.29, 0.717) is 29.6 Å². The van der Waals surface area contributed by atoms with E-state index in [0.717, 1.165) is 16.5 Å². The van der Waals surface area contributed by atoms with E-state index in [1.54, 1.807) is 11.8 Å². The predicted octanol–water partition coefficient (Wildman–Crippen LogP) is 2.81. The fourth-order valence-corrected chi connectivity index (χ4v) is 4.12. The normalized spacial score (nSPS) is 13.0. The van der Waals surface area contributed by atoms with Gasteiger partial charge in [0.05, 0.1) is 12.2 Å². The number of fused-ring (bicyclic) bond motifs is 1. The number of aryl methyl sites for hydroxylation is 1. The molecule has 0 saturated heterocycles. The molecule has 7 heteroatoms. The van der Waals surface area contributed by atoms with E-state index in [1.165, 1.54) is 22.9 Å². The second-order valence-electron chi connectivity index (χ2n) is 4.89. The summed E-state index contributed by atoms with van der Waals surface area (Å²) in [6.45, 7) is 4.74. The third-order valence-electron chi connectivity index (χ3n) is 3.43. The molecule has 1 aliphatic heterocycles. The molecule has 0 unspecified atom stereocenters. The van der Waals surface area contributed by atoms with Crippen molar-refractivity contribution in [2.75, 3.05) is 12.4 Å². The Morgan fingerprint density at radius 1 is 1.41 bits per heavy atom. The fourth-order valence-electron chi connectivity index (χ4n) is 2.26. The third-order valence-corrected chi connectivity index (χ3v) is 5.25. The van der Waals surface area contributed by atoms with Gasteiger partial charge in [0.2, 0.25) is 5.88 Å². The predicted molar refractivity (Wildman–Crippen MR) is 89.0 cm³/mol. The first kappa shape index (κ1) is 15.4. The van der Waals surface area contributed by atoms with Gasteiger partial charge in [0.15, 0.2) is 5.16 Å². The van der Waals surface area contributed by atoms with Crippen molar-refractivity contribution in [1.29, 1.82) is 0 Å². The zero-order valence-corrected chi connectivity index (χ0v) is 14.1. The van der Waals surface area contributed by atoms with Crippen molar-refractivity contribution < 1.29 is 4.74 Å². The summed E-state index contributed by atoms with van der Waals surface area (Å²) in [5.41, 5.74) is 2.97. The zero-order chi connectivity index (χ0) is 15.5. The molecule has 0 aliphatic carbocycles. The van der Waals surface area contributed by atoms with E-state index >= 15 is 0 Å². The van der Waals surface area contributed by atoms with Crippen molar-refractivity contribution in [3.05, 3.63) is 39.3 Å². The lowest BCUT2D eigenvalue weighted by molar-refractivity contribution is 0.342. The first-order valence-electron chi connectivity index (χ1n) is 7.15. The van der Waals surface area contributed by atoms with Gasteiger partial charge >= 0.3 is 0 Å². The van der Waals surface area contributed by atoms with Crippen LogP contribution in [0.15, 0.2) is 27.2 Å². The maximum absolute atomic E-state index is 12.0. The number of ether oxygens (including phenoxy) is 1. The minimum atomic E-state index is -0.0870. The van der Waals surface area contributed by atoms with E-state index in [-0.39, 0.29) is 5.56 Å². The Hall–Kier alpha value is -1.47. The number of thioether (sulfide) groups is 2. The third kappa shape index (κ3) is 3.15. The lowest BCUT2D eigenvalue weighted by Gasteiger charge is -2.10. The molecule has 0 bridgehead atoms. The van der Waals surface area contributed by atoms with Crippen molar-refractivity contribution in [2.45, 2.75) is 36.2 Å². The van der Waals surface area contributed by atoms with Gasteiger partial charge in [-0.1, -0.05) is 18.7 Å².